The van der Waals surface area contributed by atoms with Gasteiger partial charge in [0, 0.05) is 6.20 Å². The van der Waals surface area contributed by atoms with E-state index < -0.39 is 0 Å². The summed E-state index contributed by atoms with van der Waals surface area (Å²) >= 11 is 0. The van der Waals surface area contributed by atoms with Crippen LogP contribution in [0, 0.1) is 20.8 Å². The topological polar surface area (TPSA) is 73.1 Å². The minimum Gasteiger partial charge on any atom is -0.474 e. The van der Waals surface area contributed by atoms with Crippen LogP contribution in [0.1, 0.15) is 22.5 Å². The molecule has 0 spiro atoms. The van der Waals surface area contributed by atoms with E-state index in [-0.39, 0.29) is 12.3 Å². The zero-order chi connectivity index (χ0) is 19.0. The molecule has 3 aromatic rings. The highest BCUT2D eigenvalue weighted by atomic mass is 16.5. The maximum atomic E-state index is 12.9. The van der Waals surface area contributed by atoms with Gasteiger partial charge in [-0.1, -0.05) is 22.9 Å². The van der Waals surface area contributed by atoms with Gasteiger partial charge in [-0.15, -0.1) is 5.10 Å². The molecule has 138 valence electrons. The maximum absolute atomic E-state index is 12.9. The Bertz CT molecular complexity index is 994. The third kappa shape index (κ3) is 3.28. The van der Waals surface area contributed by atoms with E-state index in [2.05, 4.69) is 15.3 Å². The van der Waals surface area contributed by atoms with Crippen molar-refractivity contribution < 1.29 is 9.53 Å². The summed E-state index contributed by atoms with van der Waals surface area (Å²) in [5.74, 6) is 0.464. The van der Waals surface area contributed by atoms with Crippen LogP contribution >= 0.6 is 0 Å². The molecule has 27 heavy (non-hydrogen) atoms. The number of hydrogen-bond donors (Lipinski definition) is 0. The molecule has 3 heterocycles. The Hall–Kier alpha value is -3.22. The highest BCUT2D eigenvalue weighted by molar-refractivity contribution is 5.96. The molecule has 7 heteroatoms. The first kappa shape index (κ1) is 17.2. The predicted octanol–water partition coefficient (Wildman–Crippen LogP) is 2.56. The number of aromatic nitrogens is 4. The van der Waals surface area contributed by atoms with Gasteiger partial charge in [-0.05, 0) is 44.5 Å². The summed E-state index contributed by atoms with van der Waals surface area (Å²) in [6.07, 6.45) is 1.93. The van der Waals surface area contributed by atoms with Gasteiger partial charge in [-0.3, -0.25) is 4.79 Å². The van der Waals surface area contributed by atoms with Crippen LogP contribution in [-0.2, 0) is 11.2 Å². The van der Waals surface area contributed by atoms with Crippen molar-refractivity contribution in [1.29, 1.82) is 0 Å². The Morgan fingerprint density at radius 3 is 2.70 bits per heavy atom. The molecule has 1 amide bonds. The van der Waals surface area contributed by atoms with E-state index in [0.29, 0.717) is 24.7 Å². The molecule has 7 nitrogen and oxygen atoms in total. The third-order valence-electron chi connectivity index (χ3n) is 4.70. The number of amides is 1. The Labute approximate surface area is 157 Å². The largest absolute Gasteiger partial charge is 0.474 e. The fourth-order valence-corrected chi connectivity index (χ4v) is 3.15. The predicted molar refractivity (Wildman–Crippen MR) is 101 cm³/mol. The number of rotatable bonds is 3. The molecule has 0 aliphatic carbocycles. The van der Waals surface area contributed by atoms with Crippen molar-refractivity contribution in [2.75, 3.05) is 18.1 Å². The zero-order valence-electron chi connectivity index (χ0n) is 15.6. The van der Waals surface area contributed by atoms with Crippen LogP contribution in [0.2, 0.25) is 0 Å². The van der Waals surface area contributed by atoms with Crippen LogP contribution in [0.25, 0.3) is 5.69 Å². The number of aryl methyl sites for hydroxylation is 2. The summed E-state index contributed by atoms with van der Waals surface area (Å²) in [6.45, 7) is 6.86. The van der Waals surface area contributed by atoms with E-state index >= 15 is 0 Å². The lowest BCUT2D eigenvalue weighted by Gasteiger charge is -2.28. The van der Waals surface area contributed by atoms with Crippen LogP contribution in [0.3, 0.4) is 0 Å². The Balaban J connectivity index is 1.58. The number of pyridine rings is 1. The molecule has 0 fully saturated rings. The van der Waals surface area contributed by atoms with Crippen molar-refractivity contribution >= 4 is 11.6 Å². The zero-order valence-corrected chi connectivity index (χ0v) is 15.6. The number of ether oxygens (including phenoxy) is 1. The summed E-state index contributed by atoms with van der Waals surface area (Å²) in [5, 5.41) is 8.47. The van der Waals surface area contributed by atoms with Crippen LogP contribution in [0.5, 0.6) is 5.88 Å². The van der Waals surface area contributed by atoms with Gasteiger partial charge in [0.1, 0.15) is 12.3 Å². The van der Waals surface area contributed by atoms with E-state index in [1.807, 2.05) is 51.1 Å². The summed E-state index contributed by atoms with van der Waals surface area (Å²) in [7, 11) is 0. The molecule has 1 aliphatic heterocycles. The van der Waals surface area contributed by atoms with E-state index in [9.17, 15) is 4.79 Å². The summed E-state index contributed by atoms with van der Waals surface area (Å²) < 4.78 is 7.33. The summed E-state index contributed by atoms with van der Waals surface area (Å²) in [4.78, 5) is 19.0. The Kier molecular flexibility index (Phi) is 4.35. The van der Waals surface area contributed by atoms with Gasteiger partial charge in [-0.25, -0.2) is 9.67 Å². The SMILES string of the molecule is Cc1ccc(-n2nnc(CC(=O)N3CCOc4ncc(C)cc43)c2C)cc1. The van der Waals surface area contributed by atoms with Gasteiger partial charge >= 0.3 is 0 Å². The molecule has 0 saturated carbocycles. The van der Waals surface area contributed by atoms with Crippen molar-refractivity contribution in [3.8, 4) is 11.6 Å². The van der Waals surface area contributed by atoms with Crippen molar-refractivity contribution in [3.05, 3.63) is 59.0 Å². The molecular formula is C20H21N5O2. The van der Waals surface area contributed by atoms with Crippen molar-refractivity contribution in [2.45, 2.75) is 27.2 Å². The minimum absolute atomic E-state index is 0.0361. The molecule has 4 rings (SSSR count). The fourth-order valence-electron chi connectivity index (χ4n) is 3.15. The van der Waals surface area contributed by atoms with E-state index in [1.54, 1.807) is 15.8 Å². The average Bonchev–Trinajstić information content (AvgIpc) is 3.02. The molecule has 2 aromatic heterocycles. The molecule has 1 aromatic carbocycles. The normalized spacial score (nSPS) is 13.2. The number of anilines is 1. The van der Waals surface area contributed by atoms with Crippen molar-refractivity contribution in [2.24, 2.45) is 0 Å². The van der Waals surface area contributed by atoms with Gasteiger partial charge in [-0.2, -0.15) is 0 Å². The molecule has 1 aliphatic rings. The van der Waals surface area contributed by atoms with E-state index in [1.165, 1.54) is 5.56 Å². The van der Waals surface area contributed by atoms with Gasteiger partial charge < -0.3 is 9.64 Å². The van der Waals surface area contributed by atoms with E-state index in [0.717, 1.165) is 22.6 Å². The molecule has 0 N–H and O–H groups in total. The highest BCUT2D eigenvalue weighted by Crippen LogP contribution is 2.30. The maximum Gasteiger partial charge on any atom is 0.238 e. The lowest BCUT2D eigenvalue weighted by molar-refractivity contribution is -0.118. The molecule has 0 saturated heterocycles. The number of fused-ring (bicyclic) bond motifs is 1. The van der Waals surface area contributed by atoms with Crippen LogP contribution in [-0.4, -0.2) is 39.0 Å². The summed E-state index contributed by atoms with van der Waals surface area (Å²) in [5.41, 5.74) is 5.35. The quantitative estimate of drug-likeness (QED) is 0.715. The highest BCUT2D eigenvalue weighted by Gasteiger charge is 2.26. The Morgan fingerprint density at radius 1 is 1.15 bits per heavy atom. The second-order valence-electron chi connectivity index (χ2n) is 6.78. The van der Waals surface area contributed by atoms with Gasteiger partial charge in [0.2, 0.25) is 11.8 Å². The summed E-state index contributed by atoms with van der Waals surface area (Å²) in [6, 6.07) is 9.97. The second kappa shape index (κ2) is 6.83. The second-order valence-corrected chi connectivity index (χ2v) is 6.78. The first-order valence-electron chi connectivity index (χ1n) is 8.91. The molecule has 0 radical (unpaired) electrons. The Morgan fingerprint density at radius 2 is 1.93 bits per heavy atom. The van der Waals surface area contributed by atoms with E-state index in [4.69, 9.17) is 4.74 Å². The molecule has 0 atom stereocenters. The lowest BCUT2D eigenvalue weighted by atomic mass is 10.2. The van der Waals surface area contributed by atoms with Gasteiger partial charge in [0.05, 0.1) is 30.0 Å². The average molecular weight is 363 g/mol. The van der Waals surface area contributed by atoms with Gasteiger partial charge in [0.25, 0.3) is 0 Å². The first-order valence-corrected chi connectivity index (χ1v) is 8.91. The monoisotopic (exact) mass is 363 g/mol. The van der Waals surface area contributed by atoms with Crippen LogP contribution < -0.4 is 9.64 Å². The van der Waals surface area contributed by atoms with Gasteiger partial charge in [0.15, 0.2) is 0 Å². The number of carbonyl (C=O) groups is 1. The number of carbonyl (C=O) groups excluding carboxylic acids is 1. The van der Waals surface area contributed by atoms with Crippen LogP contribution in [0.15, 0.2) is 36.5 Å². The standard InChI is InChI=1S/C20H21N5O2/c1-13-4-6-16(7-5-13)25-15(3)17(22-23-25)11-19(26)24-8-9-27-20-18(24)10-14(2)12-21-20/h4-7,10,12H,8-9,11H2,1-3H3. The lowest BCUT2D eigenvalue weighted by Crippen LogP contribution is -2.39. The number of benzene rings is 1. The minimum atomic E-state index is -0.0361. The molecule has 0 unspecified atom stereocenters. The smallest absolute Gasteiger partial charge is 0.238 e. The number of hydrogen-bond acceptors (Lipinski definition) is 5. The molecular weight excluding hydrogens is 342 g/mol. The fraction of sp³-hybridized carbons (Fsp3) is 0.300. The van der Waals surface area contributed by atoms with Crippen molar-refractivity contribution in [1.82, 2.24) is 20.0 Å². The number of nitrogens with zero attached hydrogens (tertiary/aromatic N) is 5. The van der Waals surface area contributed by atoms with Crippen LogP contribution in [0.4, 0.5) is 5.69 Å². The molecule has 0 bridgehead atoms. The first-order chi connectivity index (χ1) is 13.0. The van der Waals surface area contributed by atoms with Crippen molar-refractivity contribution in [3.63, 3.8) is 0 Å². The third-order valence-corrected chi connectivity index (χ3v) is 4.70.